The van der Waals surface area contributed by atoms with Gasteiger partial charge in [0.25, 0.3) is 0 Å². The van der Waals surface area contributed by atoms with Gasteiger partial charge in [0.2, 0.25) is 5.91 Å². The first-order valence-corrected chi connectivity index (χ1v) is 5.55. The van der Waals surface area contributed by atoms with Crippen LogP contribution in [-0.2, 0) is 4.79 Å². The van der Waals surface area contributed by atoms with Gasteiger partial charge in [0.05, 0.1) is 18.7 Å². The van der Waals surface area contributed by atoms with Gasteiger partial charge in [0, 0.05) is 0 Å². The minimum absolute atomic E-state index is 0.181. The van der Waals surface area contributed by atoms with Gasteiger partial charge in [-0.15, -0.1) is 0 Å². The van der Waals surface area contributed by atoms with E-state index in [1.807, 2.05) is 5.32 Å². The Labute approximate surface area is 112 Å². The lowest BCUT2D eigenvalue weighted by Crippen LogP contribution is -2.38. The third-order valence-corrected chi connectivity index (χ3v) is 2.60. The fourth-order valence-corrected chi connectivity index (χ4v) is 1.73. The molecule has 0 radical (unpaired) electrons. The Hall–Kier alpha value is -1.47. The molecule has 19 heavy (non-hydrogen) atoms. The second-order valence-electron chi connectivity index (χ2n) is 3.73. The van der Waals surface area contributed by atoms with Crippen molar-refractivity contribution in [2.24, 2.45) is 5.73 Å². The molecule has 0 saturated carbocycles. The van der Waals surface area contributed by atoms with Crippen LogP contribution in [0.4, 0.5) is 13.2 Å². The second-order valence-corrected chi connectivity index (χ2v) is 4.13. The lowest BCUT2D eigenvalue weighted by molar-refractivity contribution is -0.130. The molecule has 0 aromatic heterocycles. The number of hydrogen-bond donors (Lipinski definition) is 2. The summed E-state index contributed by atoms with van der Waals surface area (Å²) in [6.07, 6.45) is -4.44. The molecule has 1 amide bonds. The van der Waals surface area contributed by atoms with Crippen molar-refractivity contribution in [3.8, 4) is 5.75 Å². The van der Waals surface area contributed by atoms with E-state index >= 15 is 0 Å². The minimum atomic E-state index is -4.44. The first kappa shape index (κ1) is 15.6. The van der Waals surface area contributed by atoms with Crippen LogP contribution in [0, 0.1) is 0 Å². The number of benzene rings is 1. The highest BCUT2D eigenvalue weighted by atomic mass is 35.5. The summed E-state index contributed by atoms with van der Waals surface area (Å²) in [6, 6.07) is 2.93. The Morgan fingerprint density at radius 2 is 2.16 bits per heavy atom. The van der Waals surface area contributed by atoms with Crippen molar-refractivity contribution in [1.82, 2.24) is 5.32 Å². The fraction of sp³-hybridized carbons (Fsp3) is 0.364. The number of amides is 1. The van der Waals surface area contributed by atoms with Crippen molar-refractivity contribution in [1.29, 1.82) is 0 Å². The summed E-state index contributed by atoms with van der Waals surface area (Å²) in [4.78, 5) is 11.2. The molecule has 0 aliphatic heterocycles. The van der Waals surface area contributed by atoms with Gasteiger partial charge in [-0.2, -0.15) is 13.2 Å². The highest BCUT2D eigenvalue weighted by Gasteiger charge is 2.30. The average molecular weight is 297 g/mol. The smallest absolute Gasteiger partial charge is 0.401 e. The summed E-state index contributed by atoms with van der Waals surface area (Å²) in [6.45, 7) is -1.33. The van der Waals surface area contributed by atoms with Crippen molar-refractivity contribution < 1.29 is 22.7 Å². The van der Waals surface area contributed by atoms with Crippen LogP contribution in [0.1, 0.15) is 11.6 Å². The topological polar surface area (TPSA) is 64.3 Å². The summed E-state index contributed by atoms with van der Waals surface area (Å²) in [5.41, 5.74) is 5.31. The lowest BCUT2D eigenvalue weighted by atomic mass is 10.1. The van der Waals surface area contributed by atoms with Crippen LogP contribution in [0.15, 0.2) is 18.2 Å². The lowest BCUT2D eigenvalue weighted by Gasteiger charge is -2.18. The van der Waals surface area contributed by atoms with E-state index in [2.05, 4.69) is 0 Å². The number of ether oxygens (including phenoxy) is 1. The maximum Gasteiger partial charge on any atom is 0.401 e. The van der Waals surface area contributed by atoms with E-state index in [0.717, 1.165) is 0 Å². The normalized spacial score (nSPS) is 13.1. The Morgan fingerprint density at radius 3 is 2.58 bits per heavy atom. The second kappa shape index (κ2) is 6.12. The third-order valence-electron chi connectivity index (χ3n) is 2.30. The molecule has 0 heterocycles. The summed E-state index contributed by atoms with van der Waals surface area (Å²) < 4.78 is 41.3. The molecule has 0 fully saturated rings. The molecule has 0 bridgehead atoms. The number of rotatable bonds is 5. The van der Waals surface area contributed by atoms with Crippen molar-refractivity contribution in [3.05, 3.63) is 28.8 Å². The molecule has 0 spiro atoms. The van der Waals surface area contributed by atoms with E-state index < -0.39 is 24.7 Å². The fourth-order valence-electron chi connectivity index (χ4n) is 1.46. The van der Waals surface area contributed by atoms with Crippen LogP contribution in [-0.4, -0.2) is 25.7 Å². The van der Waals surface area contributed by atoms with Gasteiger partial charge in [0.1, 0.15) is 11.8 Å². The maximum absolute atomic E-state index is 12.1. The molecule has 3 N–H and O–H groups in total. The number of carbonyl (C=O) groups is 1. The zero-order chi connectivity index (χ0) is 14.6. The first-order chi connectivity index (χ1) is 8.74. The number of alkyl halides is 3. The maximum atomic E-state index is 12.1. The first-order valence-electron chi connectivity index (χ1n) is 5.17. The molecule has 8 heteroatoms. The number of nitrogens with two attached hydrogens (primary N) is 1. The van der Waals surface area contributed by atoms with E-state index in [1.54, 1.807) is 0 Å². The van der Waals surface area contributed by atoms with Crippen LogP contribution in [0.5, 0.6) is 5.75 Å². The number of nitrogens with one attached hydrogen (secondary N) is 1. The van der Waals surface area contributed by atoms with Crippen LogP contribution in [0.2, 0.25) is 5.02 Å². The van der Waals surface area contributed by atoms with E-state index in [-0.39, 0.29) is 10.6 Å². The predicted octanol–water partition coefficient (Wildman–Crippen LogP) is 2.03. The minimum Gasteiger partial charge on any atom is -0.495 e. The van der Waals surface area contributed by atoms with Gasteiger partial charge in [-0.25, -0.2) is 0 Å². The van der Waals surface area contributed by atoms with Crippen molar-refractivity contribution in [2.75, 3.05) is 13.7 Å². The molecule has 1 atom stereocenters. The summed E-state index contributed by atoms with van der Waals surface area (Å²) in [5.74, 6) is -0.574. The quantitative estimate of drug-likeness (QED) is 0.874. The van der Waals surface area contributed by atoms with Crippen molar-refractivity contribution >= 4 is 17.5 Å². The monoisotopic (exact) mass is 296 g/mol. The molecule has 4 nitrogen and oxygen atoms in total. The zero-order valence-corrected chi connectivity index (χ0v) is 10.7. The van der Waals surface area contributed by atoms with Gasteiger partial charge in [-0.1, -0.05) is 17.7 Å². The van der Waals surface area contributed by atoms with Gasteiger partial charge in [-0.05, 0) is 17.7 Å². The molecule has 1 aromatic carbocycles. The largest absolute Gasteiger partial charge is 0.495 e. The average Bonchev–Trinajstić information content (AvgIpc) is 2.27. The number of halogens is 4. The molecular weight excluding hydrogens is 285 g/mol. The number of primary amides is 1. The van der Waals surface area contributed by atoms with Crippen LogP contribution in [0.25, 0.3) is 0 Å². The molecule has 1 rings (SSSR count). The van der Waals surface area contributed by atoms with E-state index in [1.165, 1.54) is 25.3 Å². The van der Waals surface area contributed by atoms with Gasteiger partial charge >= 0.3 is 6.18 Å². The van der Waals surface area contributed by atoms with E-state index in [0.29, 0.717) is 5.75 Å². The zero-order valence-electron chi connectivity index (χ0n) is 9.92. The summed E-state index contributed by atoms with van der Waals surface area (Å²) in [5, 5.41) is 2.22. The van der Waals surface area contributed by atoms with Gasteiger partial charge < -0.3 is 10.5 Å². The molecule has 1 unspecified atom stereocenters. The molecule has 106 valence electrons. The summed E-state index contributed by atoms with van der Waals surface area (Å²) in [7, 11) is 1.40. The van der Waals surface area contributed by atoms with Crippen molar-refractivity contribution in [2.45, 2.75) is 12.2 Å². The molecule has 0 aliphatic carbocycles. The number of carbonyl (C=O) groups excluding carboxylic acids is 1. The van der Waals surface area contributed by atoms with Crippen molar-refractivity contribution in [3.63, 3.8) is 0 Å². The third kappa shape index (κ3) is 4.60. The Bertz CT molecular complexity index is 466. The van der Waals surface area contributed by atoms with Crippen LogP contribution < -0.4 is 15.8 Å². The summed E-state index contributed by atoms with van der Waals surface area (Å²) >= 11 is 5.84. The Balaban J connectivity index is 2.93. The van der Waals surface area contributed by atoms with E-state index in [4.69, 9.17) is 22.1 Å². The molecule has 0 saturated heterocycles. The van der Waals surface area contributed by atoms with Gasteiger partial charge in [-0.3, -0.25) is 10.1 Å². The highest BCUT2D eigenvalue weighted by Crippen LogP contribution is 2.28. The number of hydrogen-bond acceptors (Lipinski definition) is 3. The highest BCUT2D eigenvalue weighted by molar-refractivity contribution is 6.32. The predicted molar refractivity (Wildman–Crippen MR) is 64.0 cm³/mol. The van der Waals surface area contributed by atoms with Crippen LogP contribution >= 0.6 is 11.6 Å². The Kier molecular flexibility index (Phi) is 5.02. The molecule has 0 aliphatic rings. The SMILES string of the molecule is COc1ccc(C(NCC(F)(F)F)C(N)=O)cc1Cl. The molecular formula is C11H12ClF3N2O2. The number of methoxy groups -OCH3 is 1. The van der Waals surface area contributed by atoms with E-state index in [9.17, 15) is 18.0 Å². The molecule has 1 aromatic rings. The standard InChI is InChI=1S/C11H12ClF3N2O2/c1-19-8-3-2-6(4-7(8)12)9(10(16)18)17-5-11(13,14)15/h2-4,9,17H,5H2,1H3,(H2,16,18). The Morgan fingerprint density at radius 1 is 1.53 bits per heavy atom. The van der Waals surface area contributed by atoms with Gasteiger partial charge in [0.15, 0.2) is 0 Å². The van der Waals surface area contributed by atoms with Crippen LogP contribution in [0.3, 0.4) is 0 Å².